The largest absolute Gasteiger partial charge is 0.493 e. The number of methoxy groups -OCH3 is 2. The van der Waals surface area contributed by atoms with Crippen molar-refractivity contribution in [3.8, 4) is 17.6 Å². The molecule has 0 aliphatic rings. The van der Waals surface area contributed by atoms with E-state index < -0.39 is 0 Å². The standard InChI is InChI=1S/C17H15N2O3/c1-21-15-8-7-14(10-16(15)22-2)19-17(20)9-12-3-5-13(11-18)6-4-12/h3-10H,1-2H3,(H,19,20). The maximum atomic E-state index is 12.0. The second kappa shape index (κ2) is 7.14. The predicted octanol–water partition coefficient (Wildman–Crippen LogP) is 2.77. The van der Waals surface area contributed by atoms with Gasteiger partial charge in [0.25, 0.3) is 0 Å². The number of nitrogens with one attached hydrogen (secondary N) is 1. The van der Waals surface area contributed by atoms with Gasteiger partial charge in [0.2, 0.25) is 5.91 Å². The van der Waals surface area contributed by atoms with Gasteiger partial charge in [0.05, 0.1) is 32.3 Å². The smallest absolute Gasteiger partial charge is 0.233 e. The monoisotopic (exact) mass is 295 g/mol. The summed E-state index contributed by atoms with van der Waals surface area (Å²) in [6.45, 7) is 0. The summed E-state index contributed by atoms with van der Waals surface area (Å²) in [5.41, 5.74) is 1.88. The highest BCUT2D eigenvalue weighted by Crippen LogP contribution is 2.29. The molecule has 22 heavy (non-hydrogen) atoms. The number of anilines is 1. The zero-order valence-corrected chi connectivity index (χ0v) is 12.3. The summed E-state index contributed by atoms with van der Waals surface area (Å²) in [7, 11) is 3.08. The Hall–Kier alpha value is -3.00. The van der Waals surface area contributed by atoms with Crippen molar-refractivity contribution in [3.05, 3.63) is 60.0 Å². The van der Waals surface area contributed by atoms with Crippen LogP contribution in [-0.2, 0) is 4.79 Å². The van der Waals surface area contributed by atoms with E-state index in [0.29, 0.717) is 22.7 Å². The Morgan fingerprint density at radius 3 is 2.36 bits per heavy atom. The van der Waals surface area contributed by atoms with Gasteiger partial charge in [-0.25, -0.2) is 0 Å². The molecule has 0 aliphatic heterocycles. The van der Waals surface area contributed by atoms with Gasteiger partial charge < -0.3 is 14.8 Å². The fourth-order valence-corrected chi connectivity index (χ4v) is 1.90. The van der Waals surface area contributed by atoms with Crippen LogP contribution in [0.4, 0.5) is 5.69 Å². The molecule has 0 saturated heterocycles. The topological polar surface area (TPSA) is 71.3 Å². The summed E-state index contributed by atoms with van der Waals surface area (Å²) >= 11 is 0. The van der Waals surface area contributed by atoms with Gasteiger partial charge in [-0.2, -0.15) is 5.26 Å². The van der Waals surface area contributed by atoms with Crippen LogP contribution in [0, 0.1) is 17.8 Å². The van der Waals surface area contributed by atoms with Crippen molar-refractivity contribution in [3.63, 3.8) is 0 Å². The average Bonchev–Trinajstić information content (AvgIpc) is 2.55. The third-order valence-electron chi connectivity index (χ3n) is 2.99. The van der Waals surface area contributed by atoms with Gasteiger partial charge in [-0.05, 0) is 29.8 Å². The minimum Gasteiger partial charge on any atom is -0.493 e. The van der Waals surface area contributed by atoms with Crippen LogP contribution in [0.1, 0.15) is 11.1 Å². The van der Waals surface area contributed by atoms with Crippen molar-refractivity contribution in [1.82, 2.24) is 0 Å². The second-order valence-corrected chi connectivity index (χ2v) is 4.44. The van der Waals surface area contributed by atoms with E-state index >= 15 is 0 Å². The van der Waals surface area contributed by atoms with Crippen LogP contribution in [0.15, 0.2) is 42.5 Å². The lowest BCUT2D eigenvalue weighted by Crippen LogP contribution is -2.12. The first-order valence-corrected chi connectivity index (χ1v) is 6.54. The number of carbonyl (C=O) groups excluding carboxylic acids is 1. The zero-order valence-electron chi connectivity index (χ0n) is 12.3. The molecule has 5 nitrogen and oxygen atoms in total. The first kappa shape index (κ1) is 15.4. The fourth-order valence-electron chi connectivity index (χ4n) is 1.90. The Kier molecular flexibility index (Phi) is 4.99. The van der Waals surface area contributed by atoms with Gasteiger partial charge >= 0.3 is 0 Å². The number of benzene rings is 2. The Balaban J connectivity index is 2.03. The molecule has 0 atom stereocenters. The Bertz CT molecular complexity index is 703. The highest BCUT2D eigenvalue weighted by atomic mass is 16.5. The van der Waals surface area contributed by atoms with E-state index in [1.165, 1.54) is 13.5 Å². The molecular formula is C17H15N2O3. The fraction of sp³-hybridized carbons (Fsp3) is 0.118. The number of nitrogens with zero attached hydrogens (tertiary/aromatic N) is 1. The third kappa shape index (κ3) is 3.76. The summed E-state index contributed by atoms with van der Waals surface area (Å²) in [5.74, 6) is 0.868. The average molecular weight is 295 g/mol. The molecule has 2 aromatic rings. The van der Waals surface area contributed by atoms with Gasteiger partial charge in [0, 0.05) is 11.8 Å². The van der Waals surface area contributed by atoms with Gasteiger partial charge in [0.15, 0.2) is 11.5 Å². The molecule has 0 saturated carbocycles. The number of hydrogen-bond acceptors (Lipinski definition) is 4. The van der Waals surface area contributed by atoms with Crippen LogP contribution in [-0.4, -0.2) is 20.1 Å². The van der Waals surface area contributed by atoms with Crippen LogP contribution in [0.5, 0.6) is 11.5 Å². The quantitative estimate of drug-likeness (QED) is 0.920. The third-order valence-corrected chi connectivity index (χ3v) is 2.99. The van der Waals surface area contributed by atoms with Crippen molar-refractivity contribution in [2.45, 2.75) is 0 Å². The van der Waals surface area contributed by atoms with Crippen LogP contribution < -0.4 is 14.8 Å². The molecule has 0 spiro atoms. The summed E-state index contributed by atoms with van der Waals surface area (Å²) in [6, 6.07) is 13.9. The van der Waals surface area contributed by atoms with E-state index in [1.807, 2.05) is 6.07 Å². The number of ether oxygens (including phenoxy) is 2. The maximum Gasteiger partial charge on any atom is 0.233 e. The zero-order chi connectivity index (χ0) is 15.9. The molecule has 0 unspecified atom stereocenters. The number of nitriles is 1. The van der Waals surface area contributed by atoms with Crippen LogP contribution in [0.2, 0.25) is 0 Å². The summed E-state index contributed by atoms with van der Waals surface area (Å²) in [6.07, 6.45) is 1.46. The van der Waals surface area contributed by atoms with Gasteiger partial charge in [-0.15, -0.1) is 0 Å². The molecule has 111 valence electrons. The lowest BCUT2D eigenvalue weighted by molar-refractivity contribution is -0.112. The normalized spacial score (nSPS) is 9.68. The number of carbonyl (C=O) groups is 1. The Labute approximate surface area is 129 Å². The molecule has 0 aromatic heterocycles. The molecule has 1 N–H and O–H groups in total. The highest BCUT2D eigenvalue weighted by Gasteiger charge is 2.08. The molecule has 0 heterocycles. The molecular weight excluding hydrogens is 280 g/mol. The van der Waals surface area contributed by atoms with Gasteiger partial charge in [-0.3, -0.25) is 4.79 Å². The number of rotatable bonds is 5. The summed E-state index contributed by atoms with van der Waals surface area (Å²) < 4.78 is 10.3. The van der Waals surface area contributed by atoms with E-state index in [4.69, 9.17) is 14.7 Å². The van der Waals surface area contributed by atoms with Crippen molar-refractivity contribution in [2.75, 3.05) is 19.5 Å². The number of amides is 1. The molecule has 5 heteroatoms. The Morgan fingerprint density at radius 1 is 1.09 bits per heavy atom. The van der Waals surface area contributed by atoms with E-state index in [0.717, 1.165) is 5.56 Å². The van der Waals surface area contributed by atoms with E-state index in [2.05, 4.69) is 5.32 Å². The SMILES string of the molecule is COc1ccc(NC(=O)[CH]c2ccc(C#N)cc2)cc1OC. The minimum absolute atomic E-state index is 0.267. The van der Waals surface area contributed by atoms with Crippen LogP contribution in [0.25, 0.3) is 0 Å². The van der Waals surface area contributed by atoms with E-state index in [1.54, 1.807) is 49.6 Å². The molecule has 2 rings (SSSR count). The lowest BCUT2D eigenvalue weighted by atomic mass is 10.1. The second-order valence-electron chi connectivity index (χ2n) is 4.44. The van der Waals surface area contributed by atoms with Crippen molar-refractivity contribution < 1.29 is 14.3 Å². The molecule has 0 aliphatic carbocycles. The van der Waals surface area contributed by atoms with Crippen LogP contribution >= 0.6 is 0 Å². The van der Waals surface area contributed by atoms with E-state index in [9.17, 15) is 4.79 Å². The number of hydrogen-bond donors (Lipinski definition) is 1. The highest BCUT2D eigenvalue weighted by molar-refractivity contribution is 5.99. The Morgan fingerprint density at radius 2 is 1.77 bits per heavy atom. The molecule has 1 radical (unpaired) electrons. The van der Waals surface area contributed by atoms with Crippen molar-refractivity contribution in [2.24, 2.45) is 0 Å². The summed E-state index contributed by atoms with van der Waals surface area (Å²) in [5, 5.41) is 11.5. The van der Waals surface area contributed by atoms with Crippen LogP contribution in [0.3, 0.4) is 0 Å². The van der Waals surface area contributed by atoms with E-state index in [-0.39, 0.29) is 5.91 Å². The van der Waals surface area contributed by atoms with Crippen molar-refractivity contribution in [1.29, 1.82) is 5.26 Å². The van der Waals surface area contributed by atoms with Gasteiger partial charge in [0.1, 0.15) is 0 Å². The predicted molar refractivity (Wildman–Crippen MR) is 82.7 cm³/mol. The summed E-state index contributed by atoms with van der Waals surface area (Å²) in [4.78, 5) is 12.0. The molecule has 0 fully saturated rings. The van der Waals surface area contributed by atoms with Gasteiger partial charge in [-0.1, -0.05) is 12.1 Å². The van der Waals surface area contributed by atoms with Crippen molar-refractivity contribution >= 4 is 11.6 Å². The minimum atomic E-state index is -0.267. The lowest BCUT2D eigenvalue weighted by Gasteiger charge is -2.10. The molecule has 2 aromatic carbocycles. The molecule has 1 amide bonds. The first-order valence-electron chi connectivity index (χ1n) is 6.54. The molecule has 0 bridgehead atoms. The maximum absolute atomic E-state index is 12.0. The first-order chi connectivity index (χ1) is 10.7.